The molecule has 0 bridgehead atoms. The molecule has 1 aromatic carbocycles. The first-order valence-electron chi connectivity index (χ1n) is 8.22. The Morgan fingerprint density at radius 3 is 1.94 bits per heavy atom. The average molecular weight is 679 g/mol. The van der Waals surface area contributed by atoms with Gasteiger partial charge in [-0.1, -0.05) is 13.8 Å². The maximum Gasteiger partial charge on any atom is 0.490 e. The fourth-order valence-electron chi connectivity index (χ4n) is 2.28. The molecule has 0 aliphatic rings. The van der Waals surface area contributed by atoms with Crippen molar-refractivity contribution in [2.45, 2.75) is 44.6 Å². The first-order valence-corrected chi connectivity index (χ1v) is 10.4. The van der Waals surface area contributed by atoms with Crippen LogP contribution in [0.2, 0.25) is 0 Å². The van der Waals surface area contributed by atoms with E-state index in [2.05, 4.69) is 9.47 Å². The molecule has 0 amide bonds. The van der Waals surface area contributed by atoms with E-state index in [0.29, 0.717) is 0 Å². The van der Waals surface area contributed by atoms with E-state index in [-0.39, 0.29) is 18.5 Å². The van der Waals surface area contributed by atoms with Crippen LogP contribution in [0.1, 0.15) is 31.9 Å². The number of aromatic hydroxyl groups is 1. The summed E-state index contributed by atoms with van der Waals surface area (Å²) in [6, 6.07) is 2.24. The number of rotatable bonds is 8. The fourth-order valence-corrected chi connectivity index (χ4v) is 4.10. The number of carboxylic acids is 1. The number of phenols is 1. The van der Waals surface area contributed by atoms with Crippen LogP contribution in [0.5, 0.6) is 5.75 Å². The van der Waals surface area contributed by atoms with Gasteiger partial charge in [-0.2, -0.15) is 22.0 Å². The lowest BCUT2D eigenvalue weighted by molar-refractivity contribution is -0.337. The number of carbonyl (C=O) groups is 3. The molecule has 2 unspecified atom stereocenters. The number of carbonyl (C=O) groups excluding carboxylic acids is 3. The Labute approximate surface area is 199 Å². The molecule has 0 spiro atoms. The molecular weight excluding hydrogens is 665 g/mol. The first-order chi connectivity index (χ1) is 14.0. The summed E-state index contributed by atoms with van der Waals surface area (Å²) in [5.74, 6) is -13.0. The summed E-state index contributed by atoms with van der Waals surface area (Å²) in [4.78, 5) is 34.2. The van der Waals surface area contributed by atoms with Crippen molar-refractivity contribution in [1.82, 2.24) is 0 Å². The molecule has 7 nitrogen and oxygen atoms in total. The van der Waals surface area contributed by atoms with E-state index in [4.69, 9.17) is 0 Å². The lowest BCUT2D eigenvalue weighted by Gasteiger charge is -2.30. The maximum absolute atomic E-state index is 13.8. The van der Waals surface area contributed by atoms with Crippen molar-refractivity contribution >= 4 is 63.1 Å². The van der Waals surface area contributed by atoms with E-state index in [1.165, 1.54) is 0 Å². The second-order valence-electron chi connectivity index (χ2n) is 6.49. The van der Waals surface area contributed by atoms with Crippen molar-refractivity contribution in [3.05, 3.63) is 24.8 Å². The zero-order chi connectivity index (χ0) is 24.3. The molecule has 2 atom stereocenters. The molecule has 1 aromatic rings. The minimum absolute atomic E-state index is 0.143. The predicted molar refractivity (Wildman–Crippen MR) is 108 cm³/mol. The molecule has 0 saturated heterocycles. The van der Waals surface area contributed by atoms with E-state index in [9.17, 15) is 46.5 Å². The van der Waals surface area contributed by atoms with E-state index >= 15 is 0 Å². The number of benzene rings is 1. The van der Waals surface area contributed by atoms with Crippen molar-refractivity contribution in [3.8, 4) is 5.75 Å². The summed E-state index contributed by atoms with van der Waals surface area (Å²) >= 11 is 3.27. The zero-order valence-electron chi connectivity index (χ0n) is 15.6. The number of ether oxygens (including phenoxy) is 2. The van der Waals surface area contributed by atoms with Gasteiger partial charge in [-0.15, -0.1) is 0 Å². The van der Waals surface area contributed by atoms with Crippen LogP contribution >= 0.6 is 45.2 Å². The van der Waals surface area contributed by atoms with Crippen molar-refractivity contribution in [1.29, 1.82) is 0 Å². The Balaban J connectivity index is 3.24. The second-order valence-corrected chi connectivity index (χ2v) is 8.82. The SMILES string of the molecule is CC(C)C(OC(=O)CC(OC(=O)C(F)(F)F)c1cc(I)c(O)c(I)c1)C(F)(F)C(=O)[O-]. The van der Waals surface area contributed by atoms with E-state index in [1.807, 2.05) is 0 Å². The monoisotopic (exact) mass is 679 g/mol. The molecule has 1 N–H and O–H groups in total. The van der Waals surface area contributed by atoms with Gasteiger partial charge in [0.25, 0.3) is 0 Å². The minimum Gasteiger partial charge on any atom is -0.544 e. The molecule has 0 heterocycles. The van der Waals surface area contributed by atoms with Crippen molar-refractivity contribution in [3.63, 3.8) is 0 Å². The van der Waals surface area contributed by atoms with Gasteiger partial charge in [0.05, 0.1) is 13.6 Å². The van der Waals surface area contributed by atoms with Crippen LogP contribution in [0.25, 0.3) is 0 Å². The molecule has 1 rings (SSSR count). The van der Waals surface area contributed by atoms with Crippen LogP contribution in [0.3, 0.4) is 0 Å². The number of hydrogen-bond acceptors (Lipinski definition) is 7. The van der Waals surface area contributed by atoms with Crippen LogP contribution in [0, 0.1) is 13.1 Å². The normalized spacial score (nSPS) is 14.1. The Bertz CT molecular complexity index is 835. The molecule has 0 fully saturated rings. The van der Waals surface area contributed by atoms with Gasteiger partial charge >= 0.3 is 24.0 Å². The number of phenolic OH excluding ortho intramolecular Hbond substituents is 1. The summed E-state index contributed by atoms with van der Waals surface area (Å²) in [6.45, 7) is 2.25. The van der Waals surface area contributed by atoms with Gasteiger partial charge in [-0.25, -0.2) is 4.79 Å². The van der Waals surface area contributed by atoms with E-state index in [0.717, 1.165) is 26.0 Å². The summed E-state index contributed by atoms with van der Waals surface area (Å²) in [5.41, 5.74) is -0.158. The Morgan fingerprint density at radius 1 is 1.06 bits per heavy atom. The van der Waals surface area contributed by atoms with Gasteiger partial charge < -0.3 is 24.5 Å². The lowest BCUT2D eigenvalue weighted by atomic mass is 10.0. The van der Waals surface area contributed by atoms with Crippen molar-refractivity contribution in [2.24, 2.45) is 5.92 Å². The highest BCUT2D eigenvalue weighted by Crippen LogP contribution is 2.34. The molecule has 174 valence electrons. The Hall–Kier alpha value is -1.46. The van der Waals surface area contributed by atoms with E-state index in [1.54, 1.807) is 45.2 Å². The molecule has 14 heteroatoms. The van der Waals surface area contributed by atoms with E-state index < -0.39 is 54.6 Å². The van der Waals surface area contributed by atoms with Gasteiger partial charge in [0.1, 0.15) is 17.8 Å². The molecule has 0 saturated carbocycles. The Morgan fingerprint density at radius 2 is 1.55 bits per heavy atom. The van der Waals surface area contributed by atoms with Gasteiger partial charge in [0.2, 0.25) is 0 Å². The summed E-state index contributed by atoms with van der Waals surface area (Å²) in [5, 5.41) is 20.5. The van der Waals surface area contributed by atoms with Gasteiger partial charge in [-0.3, -0.25) is 4.79 Å². The van der Waals surface area contributed by atoms with Crippen molar-refractivity contribution in [2.75, 3.05) is 0 Å². The minimum atomic E-state index is -5.41. The summed E-state index contributed by atoms with van der Waals surface area (Å²) in [6.07, 6.45) is -11.0. The number of alkyl halides is 5. The third-order valence-corrected chi connectivity index (χ3v) is 5.38. The quantitative estimate of drug-likeness (QED) is 0.256. The van der Waals surface area contributed by atoms with Crippen molar-refractivity contribution < 1.29 is 56.0 Å². The Kier molecular flexibility index (Phi) is 9.28. The highest BCUT2D eigenvalue weighted by molar-refractivity contribution is 14.1. The van der Waals surface area contributed by atoms with Gasteiger partial charge in [-0.05, 0) is 68.8 Å². The van der Waals surface area contributed by atoms with Crippen LogP contribution < -0.4 is 5.11 Å². The zero-order valence-corrected chi connectivity index (χ0v) is 20.0. The topological polar surface area (TPSA) is 113 Å². The largest absolute Gasteiger partial charge is 0.544 e. The van der Waals surface area contributed by atoms with Gasteiger partial charge in [0, 0.05) is 0 Å². The standard InChI is InChI=1S/C17H15F5I2O7/c1-6(2)13(16(18,19)14(27)28)31-11(25)5-10(30-15(29)17(20,21)22)7-3-8(23)12(26)9(24)4-7/h3-4,6,10,13,26H,5H2,1-2H3,(H,27,28)/p-1. The number of aliphatic carboxylic acids is 1. The lowest BCUT2D eigenvalue weighted by Crippen LogP contribution is -2.53. The van der Waals surface area contributed by atoms with Crippen LogP contribution in [-0.2, 0) is 23.9 Å². The predicted octanol–water partition coefficient (Wildman–Crippen LogP) is 3.09. The highest BCUT2D eigenvalue weighted by atomic mass is 127. The third-order valence-electron chi connectivity index (χ3n) is 3.74. The summed E-state index contributed by atoms with van der Waals surface area (Å²) in [7, 11) is 0. The average Bonchev–Trinajstić information content (AvgIpc) is 2.61. The van der Waals surface area contributed by atoms with Gasteiger partial charge in [0.15, 0.2) is 6.10 Å². The highest BCUT2D eigenvalue weighted by Gasteiger charge is 2.47. The smallest absolute Gasteiger partial charge is 0.490 e. The molecule has 0 aliphatic heterocycles. The number of carboxylic acid groups (broad SMARTS) is 1. The van der Waals surface area contributed by atoms with Crippen LogP contribution in [0.4, 0.5) is 22.0 Å². The number of hydrogen-bond donors (Lipinski definition) is 1. The van der Waals surface area contributed by atoms with Crippen LogP contribution in [0.15, 0.2) is 12.1 Å². The van der Waals surface area contributed by atoms with Crippen LogP contribution in [-0.4, -0.2) is 41.2 Å². The third kappa shape index (κ3) is 7.28. The molecule has 0 aliphatic carbocycles. The fraction of sp³-hybridized carbons (Fsp3) is 0.471. The molecule has 0 radical (unpaired) electrons. The first kappa shape index (κ1) is 27.6. The summed E-state index contributed by atoms with van der Waals surface area (Å²) < 4.78 is 74.6. The number of esters is 2. The number of halogens is 7. The maximum atomic E-state index is 13.8. The second kappa shape index (κ2) is 10.4. The molecule has 31 heavy (non-hydrogen) atoms. The molecular formula is C17H14F5I2O7-. The molecule has 0 aromatic heterocycles.